The van der Waals surface area contributed by atoms with E-state index < -0.39 is 17.2 Å². The van der Waals surface area contributed by atoms with Crippen LogP contribution in [0.3, 0.4) is 0 Å². The summed E-state index contributed by atoms with van der Waals surface area (Å²) in [6.07, 6.45) is -4.36. The van der Waals surface area contributed by atoms with Crippen molar-refractivity contribution in [3.05, 3.63) is 52.7 Å². The molecule has 0 radical (unpaired) electrons. The number of benzene rings is 1. The fourth-order valence-electron chi connectivity index (χ4n) is 2.52. The van der Waals surface area contributed by atoms with E-state index in [4.69, 9.17) is 4.42 Å². The molecule has 1 aromatic carbocycles. The average Bonchev–Trinajstić information content (AvgIpc) is 2.92. The summed E-state index contributed by atoms with van der Waals surface area (Å²) in [4.78, 5) is 8.42. The zero-order valence-electron chi connectivity index (χ0n) is 16.6. The Morgan fingerprint density at radius 1 is 1.14 bits per heavy atom. The predicted octanol–water partition coefficient (Wildman–Crippen LogP) is 4.57. The summed E-state index contributed by atoms with van der Waals surface area (Å²) in [5, 5.41) is 6.23. The Morgan fingerprint density at radius 3 is 2.32 bits per heavy atom. The fraction of sp³-hybridized carbons (Fsp3) is 0.474. The van der Waals surface area contributed by atoms with Crippen LogP contribution in [0, 0.1) is 13.8 Å². The van der Waals surface area contributed by atoms with Crippen molar-refractivity contribution < 1.29 is 17.6 Å². The van der Waals surface area contributed by atoms with E-state index in [1.165, 1.54) is 12.1 Å². The number of aliphatic imine (C=N–C) groups is 1. The molecule has 1 aromatic heterocycles. The van der Waals surface area contributed by atoms with Crippen LogP contribution in [0.1, 0.15) is 42.3 Å². The number of oxazole rings is 1. The van der Waals surface area contributed by atoms with E-state index >= 15 is 0 Å². The fourth-order valence-corrected chi connectivity index (χ4v) is 2.52. The van der Waals surface area contributed by atoms with Gasteiger partial charge in [0.15, 0.2) is 5.96 Å². The third kappa shape index (κ3) is 6.39. The zero-order chi connectivity index (χ0) is 20.2. The average molecular weight is 510 g/mol. The van der Waals surface area contributed by atoms with Crippen LogP contribution in [-0.2, 0) is 18.1 Å². The lowest BCUT2D eigenvalue weighted by Crippen LogP contribution is -2.43. The van der Waals surface area contributed by atoms with Crippen molar-refractivity contribution in [1.82, 2.24) is 15.6 Å². The van der Waals surface area contributed by atoms with Gasteiger partial charge in [-0.15, -0.1) is 24.0 Å². The Balaban J connectivity index is 0.00000392. The molecule has 0 aliphatic heterocycles. The summed E-state index contributed by atoms with van der Waals surface area (Å²) in [7, 11) is 1.62. The topological polar surface area (TPSA) is 62.5 Å². The summed E-state index contributed by atoms with van der Waals surface area (Å²) < 4.78 is 44.4. The Bertz CT molecular complexity index is 796. The number of hydrogen-bond acceptors (Lipinski definition) is 3. The van der Waals surface area contributed by atoms with Crippen LogP contribution in [0.25, 0.3) is 0 Å². The van der Waals surface area contributed by atoms with E-state index in [0.717, 1.165) is 17.5 Å². The van der Waals surface area contributed by atoms with Gasteiger partial charge >= 0.3 is 6.18 Å². The van der Waals surface area contributed by atoms with Gasteiger partial charge in [0.25, 0.3) is 0 Å². The molecule has 0 atom stereocenters. The summed E-state index contributed by atoms with van der Waals surface area (Å²) in [6, 6.07) is 5.40. The molecule has 9 heteroatoms. The van der Waals surface area contributed by atoms with Crippen LogP contribution in [0.4, 0.5) is 13.2 Å². The highest BCUT2D eigenvalue weighted by atomic mass is 127. The van der Waals surface area contributed by atoms with Crippen LogP contribution < -0.4 is 10.6 Å². The second-order valence-corrected chi connectivity index (χ2v) is 6.99. The van der Waals surface area contributed by atoms with Gasteiger partial charge in [-0.3, -0.25) is 4.99 Å². The van der Waals surface area contributed by atoms with Gasteiger partial charge in [0.2, 0.25) is 5.89 Å². The molecule has 28 heavy (non-hydrogen) atoms. The second kappa shape index (κ2) is 9.62. The summed E-state index contributed by atoms with van der Waals surface area (Å²) in [5.74, 6) is 1.83. The van der Waals surface area contributed by atoms with Crippen LogP contribution in [0.15, 0.2) is 33.7 Å². The Labute approximate surface area is 180 Å². The van der Waals surface area contributed by atoms with Gasteiger partial charge in [-0.25, -0.2) is 4.98 Å². The summed E-state index contributed by atoms with van der Waals surface area (Å²) in [6.45, 7) is 8.23. The van der Waals surface area contributed by atoms with Gasteiger partial charge in [0.1, 0.15) is 5.76 Å². The van der Waals surface area contributed by atoms with Crippen molar-refractivity contribution in [1.29, 1.82) is 0 Å². The van der Waals surface area contributed by atoms with Crippen molar-refractivity contribution in [2.75, 3.05) is 13.6 Å². The highest BCUT2D eigenvalue weighted by Crippen LogP contribution is 2.32. The molecular formula is C19H26F3IN4O. The monoisotopic (exact) mass is 510 g/mol. The molecule has 0 saturated heterocycles. The Morgan fingerprint density at radius 2 is 1.79 bits per heavy atom. The first kappa shape index (κ1) is 24.3. The lowest BCUT2D eigenvalue weighted by atomic mass is 9.84. The first-order valence-electron chi connectivity index (χ1n) is 8.58. The van der Waals surface area contributed by atoms with Gasteiger partial charge in [-0.1, -0.05) is 32.0 Å². The highest BCUT2D eigenvalue weighted by Gasteiger charge is 2.32. The van der Waals surface area contributed by atoms with Gasteiger partial charge in [-0.05, 0) is 25.5 Å². The lowest BCUT2D eigenvalue weighted by Gasteiger charge is -2.27. The summed E-state index contributed by atoms with van der Waals surface area (Å²) in [5.41, 5.74) is 0.250. The molecule has 0 aliphatic carbocycles. The van der Waals surface area contributed by atoms with Crippen LogP contribution >= 0.6 is 24.0 Å². The van der Waals surface area contributed by atoms with Crippen molar-refractivity contribution in [2.24, 2.45) is 4.99 Å². The number of nitrogens with one attached hydrogen (secondary N) is 2. The number of rotatable bonds is 5. The first-order chi connectivity index (χ1) is 12.5. The van der Waals surface area contributed by atoms with Crippen molar-refractivity contribution in [2.45, 2.75) is 45.8 Å². The van der Waals surface area contributed by atoms with E-state index in [0.29, 0.717) is 30.5 Å². The van der Waals surface area contributed by atoms with E-state index in [1.54, 1.807) is 13.1 Å². The molecule has 0 spiro atoms. The molecule has 0 bridgehead atoms. The lowest BCUT2D eigenvalue weighted by molar-refractivity contribution is -0.137. The van der Waals surface area contributed by atoms with Crippen LogP contribution in [0.2, 0.25) is 0 Å². The van der Waals surface area contributed by atoms with E-state index in [-0.39, 0.29) is 24.0 Å². The molecule has 2 aromatic rings. The molecule has 2 N–H and O–H groups in total. The Kier molecular flexibility index (Phi) is 8.33. The minimum atomic E-state index is -4.36. The number of hydrogen-bond donors (Lipinski definition) is 2. The second-order valence-electron chi connectivity index (χ2n) is 6.99. The van der Waals surface area contributed by atoms with E-state index in [2.05, 4.69) is 20.6 Å². The van der Waals surface area contributed by atoms with Crippen molar-refractivity contribution in [3.8, 4) is 0 Å². The minimum absolute atomic E-state index is 0. The minimum Gasteiger partial charge on any atom is -0.444 e. The van der Waals surface area contributed by atoms with E-state index in [9.17, 15) is 13.2 Å². The quantitative estimate of drug-likeness (QED) is 0.352. The number of halogens is 4. The number of guanidine groups is 1. The third-order valence-corrected chi connectivity index (χ3v) is 4.37. The zero-order valence-corrected chi connectivity index (χ0v) is 18.9. The molecule has 0 fully saturated rings. The molecule has 0 aliphatic rings. The molecule has 1 heterocycles. The molecule has 5 nitrogen and oxygen atoms in total. The van der Waals surface area contributed by atoms with Crippen LogP contribution in [-0.4, -0.2) is 24.5 Å². The largest absolute Gasteiger partial charge is 0.444 e. The van der Waals surface area contributed by atoms with Gasteiger partial charge in [0.05, 0.1) is 17.8 Å². The van der Waals surface area contributed by atoms with Gasteiger partial charge < -0.3 is 15.1 Å². The predicted molar refractivity (Wildman–Crippen MR) is 114 cm³/mol. The number of aryl methyl sites for hydroxylation is 2. The number of nitrogens with zero attached hydrogens (tertiary/aromatic N) is 2. The normalized spacial score (nSPS) is 12.5. The van der Waals surface area contributed by atoms with Gasteiger partial charge in [-0.2, -0.15) is 13.2 Å². The Hall–Kier alpha value is -1.78. The molecule has 0 unspecified atom stereocenters. The third-order valence-electron chi connectivity index (χ3n) is 4.37. The number of alkyl halides is 3. The highest BCUT2D eigenvalue weighted by molar-refractivity contribution is 14.0. The first-order valence-corrected chi connectivity index (χ1v) is 8.58. The molecule has 0 amide bonds. The van der Waals surface area contributed by atoms with Crippen LogP contribution in [0.5, 0.6) is 0 Å². The maximum Gasteiger partial charge on any atom is 0.416 e. The number of aromatic nitrogens is 1. The SMILES string of the molecule is CN=C(NCc1nc(C)c(C)o1)NCC(C)(C)c1cccc(C(F)(F)F)c1.I. The van der Waals surface area contributed by atoms with E-state index in [1.807, 2.05) is 27.7 Å². The molecule has 2 rings (SSSR count). The summed E-state index contributed by atoms with van der Waals surface area (Å²) >= 11 is 0. The standard InChI is InChI=1S/C19H25F3N4O.HI/c1-12-13(2)27-16(26-12)10-24-17(23-5)25-11-18(3,4)14-7-6-8-15(9-14)19(20,21)22;/h6-9H,10-11H2,1-5H3,(H2,23,24,25);1H. The molecular weight excluding hydrogens is 484 g/mol. The van der Waals surface area contributed by atoms with Gasteiger partial charge in [0, 0.05) is 19.0 Å². The smallest absolute Gasteiger partial charge is 0.416 e. The molecule has 0 saturated carbocycles. The molecule has 156 valence electrons. The van der Waals surface area contributed by atoms with Crippen molar-refractivity contribution in [3.63, 3.8) is 0 Å². The maximum atomic E-state index is 13.0. The maximum absolute atomic E-state index is 13.0. The van der Waals surface area contributed by atoms with Crippen molar-refractivity contribution >= 4 is 29.9 Å².